The molecule has 0 aromatic heterocycles. The van der Waals surface area contributed by atoms with Crippen molar-refractivity contribution in [2.24, 2.45) is 22.2 Å². The fourth-order valence-corrected chi connectivity index (χ4v) is 3.11. The molecule has 0 rings (SSSR count). The number of unbranched alkanes of at least 4 members (excludes halogenated alkanes) is 9. The van der Waals surface area contributed by atoms with Crippen LogP contribution in [0.25, 0.3) is 0 Å². The summed E-state index contributed by atoms with van der Waals surface area (Å²) in [5.41, 5.74) is 16.4. The van der Waals surface area contributed by atoms with Crippen LogP contribution < -0.4 is 22.5 Å². The lowest BCUT2D eigenvalue weighted by Crippen LogP contribution is -2.41. The van der Waals surface area contributed by atoms with E-state index in [1.165, 1.54) is 57.8 Å². The van der Waals surface area contributed by atoms with Crippen molar-refractivity contribution in [2.75, 3.05) is 13.1 Å². The normalized spacial score (nSPS) is 12.5. The molecule has 0 unspecified atom stereocenters. The molecule has 0 saturated carbocycles. The number of hydrogen-bond donors (Lipinski definition) is 4. The highest BCUT2D eigenvalue weighted by atomic mass is 16.2. The molecule has 30 heavy (non-hydrogen) atoms. The second kappa shape index (κ2) is 21.9. The van der Waals surface area contributed by atoms with E-state index in [4.69, 9.17) is 17.2 Å². The van der Waals surface area contributed by atoms with E-state index in [2.05, 4.69) is 41.5 Å². The van der Waals surface area contributed by atoms with Gasteiger partial charge < -0.3 is 22.5 Å². The van der Waals surface area contributed by atoms with E-state index in [1.54, 1.807) is 0 Å². The zero-order valence-electron chi connectivity index (χ0n) is 19.3. The minimum atomic E-state index is -0.483. The minimum absolute atomic E-state index is 0.0745. The summed E-state index contributed by atoms with van der Waals surface area (Å²) < 4.78 is 0. The molecule has 1 atom stereocenters. The Bertz CT molecular complexity index is 484. The Labute approximate surface area is 184 Å². The molecule has 174 valence electrons. The Kier molecular flexibility index (Phi) is 20.6. The number of nitrogens with two attached hydrogens (primary N) is 3. The van der Waals surface area contributed by atoms with Crippen LogP contribution in [0.3, 0.4) is 0 Å². The Hall–Kier alpha value is -1.82. The fourth-order valence-electron chi connectivity index (χ4n) is 3.11. The zero-order valence-corrected chi connectivity index (χ0v) is 19.3. The van der Waals surface area contributed by atoms with Gasteiger partial charge in [0.25, 0.3) is 0 Å². The molecule has 0 spiro atoms. The van der Waals surface area contributed by atoms with Crippen molar-refractivity contribution in [3.05, 3.63) is 24.3 Å². The van der Waals surface area contributed by atoms with Gasteiger partial charge in [-0.05, 0) is 51.4 Å². The highest BCUT2D eigenvalue weighted by Gasteiger charge is 2.11. The van der Waals surface area contributed by atoms with Gasteiger partial charge in [0.2, 0.25) is 5.91 Å². The molecule has 0 aromatic rings. The highest BCUT2D eigenvalue weighted by molar-refractivity contribution is 5.81. The highest BCUT2D eigenvalue weighted by Crippen LogP contribution is 2.08. The summed E-state index contributed by atoms with van der Waals surface area (Å²) in [4.78, 5) is 15.8. The van der Waals surface area contributed by atoms with Crippen LogP contribution in [0, 0.1) is 0 Å². The third kappa shape index (κ3) is 20.9. The molecule has 0 saturated heterocycles. The quantitative estimate of drug-likeness (QED) is 0.101. The smallest absolute Gasteiger partial charge is 0.236 e. The topological polar surface area (TPSA) is 120 Å². The third-order valence-electron chi connectivity index (χ3n) is 4.98. The molecule has 0 aliphatic heterocycles. The van der Waals surface area contributed by atoms with Crippen molar-refractivity contribution in [2.45, 2.75) is 103 Å². The van der Waals surface area contributed by atoms with Gasteiger partial charge in [-0.25, -0.2) is 0 Å². The molecule has 0 heterocycles. The third-order valence-corrected chi connectivity index (χ3v) is 4.98. The fraction of sp³-hybridized carbons (Fsp3) is 0.750. The van der Waals surface area contributed by atoms with Crippen molar-refractivity contribution in [3.8, 4) is 0 Å². The van der Waals surface area contributed by atoms with E-state index >= 15 is 0 Å². The van der Waals surface area contributed by atoms with Crippen LogP contribution in [-0.2, 0) is 4.79 Å². The van der Waals surface area contributed by atoms with Crippen LogP contribution in [0.4, 0.5) is 0 Å². The molecule has 0 fully saturated rings. The lowest BCUT2D eigenvalue weighted by molar-refractivity contribution is -0.122. The first-order valence-corrected chi connectivity index (χ1v) is 12.0. The van der Waals surface area contributed by atoms with Gasteiger partial charge >= 0.3 is 0 Å². The van der Waals surface area contributed by atoms with Crippen molar-refractivity contribution >= 4 is 11.9 Å². The van der Waals surface area contributed by atoms with E-state index in [9.17, 15) is 4.79 Å². The minimum Gasteiger partial charge on any atom is -0.370 e. The molecular weight excluding hydrogens is 374 g/mol. The predicted octanol–water partition coefficient (Wildman–Crippen LogP) is 4.30. The first kappa shape index (κ1) is 28.2. The largest absolute Gasteiger partial charge is 0.370 e. The monoisotopic (exact) mass is 421 g/mol. The predicted molar refractivity (Wildman–Crippen MR) is 130 cm³/mol. The average molecular weight is 422 g/mol. The van der Waals surface area contributed by atoms with Crippen LogP contribution in [0.15, 0.2) is 29.3 Å². The number of allylic oxidation sites excluding steroid dienone is 4. The first-order valence-electron chi connectivity index (χ1n) is 12.0. The van der Waals surface area contributed by atoms with Gasteiger partial charge in [-0.3, -0.25) is 9.79 Å². The maximum Gasteiger partial charge on any atom is 0.236 e. The van der Waals surface area contributed by atoms with Crippen molar-refractivity contribution in [3.63, 3.8) is 0 Å². The summed E-state index contributed by atoms with van der Waals surface area (Å²) in [5.74, 6) is -0.00676. The molecule has 0 aliphatic rings. The number of carbonyl (C=O) groups excluding carboxylic acids is 1. The van der Waals surface area contributed by atoms with E-state index in [0.29, 0.717) is 25.9 Å². The SMILES string of the molecule is CCCCC/C=C\C/C=C\CCCCCCCCNC(=O)[C@@H](N)CCCN=C(N)N. The van der Waals surface area contributed by atoms with Gasteiger partial charge in [0.1, 0.15) is 0 Å². The Morgan fingerprint density at radius 1 is 0.867 bits per heavy atom. The molecule has 0 aliphatic carbocycles. The second-order valence-electron chi connectivity index (χ2n) is 7.93. The van der Waals surface area contributed by atoms with Crippen LogP contribution in [0.5, 0.6) is 0 Å². The van der Waals surface area contributed by atoms with Crippen LogP contribution in [0.2, 0.25) is 0 Å². The molecule has 7 N–H and O–H groups in total. The molecular formula is C24H47N5O. The van der Waals surface area contributed by atoms with Gasteiger partial charge in [-0.15, -0.1) is 0 Å². The van der Waals surface area contributed by atoms with Crippen molar-refractivity contribution in [1.29, 1.82) is 0 Å². The summed E-state index contributed by atoms with van der Waals surface area (Å²) in [5, 5.41) is 2.92. The van der Waals surface area contributed by atoms with Gasteiger partial charge in [0.05, 0.1) is 6.04 Å². The lowest BCUT2D eigenvalue weighted by atomic mass is 10.1. The summed E-state index contributed by atoms with van der Waals surface area (Å²) in [7, 11) is 0. The zero-order chi connectivity index (χ0) is 22.3. The molecule has 6 nitrogen and oxygen atoms in total. The average Bonchev–Trinajstić information content (AvgIpc) is 2.72. The van der Waals surface area contributed by atoms with Gasteiger partial charge in [0.15, 0.2) is 5.96 Å². The molecule has 6 heteroatoms. The Morgan fingerprint density at radius 2 is 1.47 bits per heavy atom. The number of nitrogens with one attached hydrogen (secondary N) is 1. The number of nitrogens with zero attached hydrogens (tertiary/aromatic N) is 1. The summed E-state index contributed by atoms with van der Waals surface area (Å²) in [6, 6.07) is -0.483. The summed E-state index contributed by atoms with van der Waals surface area (Å²) in [6.07, 6.45) is 25.1. The molecule has 0 bridgehead atoms. The molecule has 0 radical (unpaired) electrons. The number of amides is 1. The lowest BCUT2D eigenvalue weighted by Gasteiger charge is -2.11. The van der Waals surface area contributed by atoms with Crippen LogP contribution >= 0.6 is 0 Å². The van der Waals surface area contributed by atoms with Crippen molar-refractivity contribution in [1.82, 2.24) is 5.32 Å². The second-order valence-corrected chi connectivity index (χ2v) is 7.93. The standard InChI is InChI=1S/C24H47N5O/c1-2-3-4-5-6-7-8-9-10-11-12-13-14-15-16-17-20-28-23(30)22(25)19-18-21-29-24(26)27/h6-7,9-10,22H,2-5,8,11-21,25H2,1H3,(H,28,30)(H4,26,27,29)/b7-6-,10-9-/t22-/m0/s1. The summed E-state index contributed by atoms with van der Waals surface area (Å²) >= 11 is 0. The number of guanidine groups is 1. The van der Waals surface area contributed by atoms with Crippen molar-refractivity contribution < 1.29 is 4.79 Å². The van der Waals surface area contributed by atoms with Gasteiger partial charge in [-0.1, -0.05) is 69.8 Å². The number of hydrogen-bond acceptors (Lipinski definition) is 3. The van der Waals surface area contributed by atoms with Crippen LogP contribution in [0.1, 0.15) is 96.8 Å². The Balaban J connectivity index is 3.40. The van der Waals surface area contributed by atoms with Crippen LogP contribution in [-0.4, -0.2) is 31.0 Å². The van der Waals surface area contributed by atoms with E-state index in [1.807, 2.05) is 0 Å². The number of aliphatic imine (C=N–C) groups is 1. The van der Waals surface area contributed by atoms with Gasteiger partial charge in [-0.2, -0.15) is 0 Å². The summed E-state index contributed by atoms with van der Waals surface area (Å²) in [6.45, 7) is 3.45. The van der Waals surface area contributed by atoms with E-state index < -0.39 is 6.04 Å². The van der Waals surface area contributed by atoms with Gasteiger partial charge in [0, 0.05) is 13.1 Å². The maximum absolute atomic E-state index is 11.9. The number of rotatable bonds is 20. The number of carbonyl (C=O) groups is 1. The van der Waals surface area contributed by atoms with E-state index in [-0.39, 0.29) is 11.9 Å². The maximum atomic E-state index is 11.9. The van der Waals surface area contributed by atoms with E-state index in [0.717, 1.165) is 19.3 Å². The molecule has 0 aromatic carbocycles. The Morgan fingerprint density at radius 3 is 2.10 bits per heavy atom. The first-order chi connectivity index (χ1) is 14.6. The molecule has 1 amide bonds.